The van der Waals surface area contributed by atoms with Crippen LogP contribution in [0.3, 0.4) is 0 Å². The number of nitrogens with zero attached hydrogens (tertiary/aromatic N) is 1. The first kappa shape index (κ1) is 23.7. The van der Waals surface area contributed by atoms with Crippen LogP contribution in [0, 0.1) is 19.8 Å². The Hall–Kier alpha value is -2.95. The van der Waals surface area contributed by atoms with Crippen LogP contribution in [0.25, 0.3) is 0 Å². The molecule has 1 heterocycles. The third kappa shape index (κ3) is 4.77. The molecule has 0 radical (unpaired) electrons. The van der Waals surface area contributed by atoms with E-state index in [1.54, 1.807) is 12.1 Å². The predicted octanol–water partition coefficient (Wildman–Crippen LogP) is 5.60. The first-order valence-electron chi connectivity index (χ1n) is 11.2. The highest BCUT2D eigenvalue weighted by Crippen LogP contribution is 2.28. The quantitative estimate of drug-likeness (QED) is 0.438. The summed E-state index contributed by atoms with van der Waals surface area (Å²) in [6.07, 6.45) is 0.743. The monoisotopic (exact) mass is 435 g/mol. The van der Waals surface area contributed by atoms with Crippen molar-refractivity contribution in [2.45, 2.75) is 66.9 Å². The molecule has 0 saturated heterocycles. The molecule has 0 aromatic heterocycles. The molecule has 1 aliphatic rings. The summed E-state index contributed by atoms with van der Waals surface area (Å²) in [6.45, 7) is 15.2. The second-order valence-corrected chi connectivity index (χ2v) is 10.1. The lowest BCUT2D eigenvalue weighted by atomic mass is 9.84. The second-order valence-electron chi connectivity index (χ2n) is 10.1. The van der Waals surface area contributed by atoms with Crippen LogP contribution in [-0.2, 0) is 16.8 Å². The number of benzene rings is 2. The number of hydrogen-bond donors (Lipinski definition) is 0. The molecule has 2 aromatic rings. The van der Waals surface area contributed by atoms with E-state index in [-0.39, 0.29) is 35.0 Å². The summed E-state index contributed by atoms with van der Waals surface area (Å²) in [6, 6.07) is 8.87. The van der Waals surface area contributed by atoms with Crippen LogP contribution in [0.2, 0.25) is 0 Å². The summed E-state index contributed by atoms with van der Waals surface area (Å²) in [5.74, 6) is -0.762. The zero-order valence-corrected chi connectivity index (χ0v) is 20.2. The van der Waals surface area contributed by atoms with Gasteiger partial charge in [0.15, 0.2) is 0 Å². The SMILES string of the molecule is Cc1cc(C(C)(C)C)cc(C)c1COC(=O)c1ccc2c(c1)C(=O)N(CCC(C)C)C2=O. The van der Waals surface area contributed by atoms with Gasteiger partial charge in [-0.2, -0.15) is 0 Å². The lowest BCUT2D eigenvalue weighted by Gasteiger charge is -2.22. The molecule has 2 amide bonds. The van der Waals surface area contributed by atoms with Gasteiger partial charge in [0.05, 0.1) is 16.7 Å². The van der Waals surface area contributed by atoms with Gasteiger partial charge in [0, 0.05) is 6.54 Å². The maximum Gasteiger partial charge on any atom is 0.338 e. The molecule has 0 fully saturated rings. The van der Waals surface area contributed by atoms with Crippen molar-refractivity contribution in [2.75, 3.05) is 6.54 Å². The van der Waals surface area contributed by atoms with Crippen molar-refractivity contribution < 1.29 is 19.1 Å². The normalized spacial score (nSPS) is 13.7. The molecule has 0 N–H and O–H groups in total. The third-order valence-corrected chi connectivity index (χ3v) is 6.05. The molecule has 2 aromatic carbocycles. The molecule has 3 rings (SSSR count). The molecule has 5 nitrogen and oxygen atoms in total. The fourth-order valence-electron chi connectivity index (χ4n) is 3.88. The number of carbonyl (C=O) groups excluding carboxylic acids is 3. The minimum atomic E-state index is -0.507. The minimum Gasteiger partial charge on any atom is -0.457 e. The molecule has 1 aliphatic heterocycles. The van der Waals surface area contributed by atoms with Gasteiger partial charge in [-0.1, -0.05) is 46.8 Å². The van der Waals surface area contributed by atoms with E-state index in [1.165, 1.54) is 16.5 Å². The van der Waals surface area contributed by atoms with E-state index in [0.29, 0.717) is 18.0 Å². The standard InChI is InChI=1S/C27H33NO4/c1-16(2)10-11-28-24(29)21-9-8-19(14-22(21)25(28)30)26(31)32-15-23-17(3)12-20(13-18(23)4)27(5,6)7/h8-9,12-14,16H,10-11,15H2,1-7H3. The Balaban J connectivity index is 1.75. The molecule has 0 unspecified atom stereocenters. The Morgan fingerprint density at radius 1 is 0.969 bits per heavy atom. The van der Waals surface area contributed by atoms with Crippen LogP contribution in [0.1, 0.15) is 94.4 Å². The summed E-state index contributed by atoms with van der Waals surface area (Å²) in [5, 5.41) is 0. The lowest BCUT2D eigenvalue weighted by molar-refractivity contribution is 0.0471. The van der Waals surface area contributed by atoms with Gasteiger partial charge in [-0.25, -0.2) is 4.79 Å². The number of aryl methyl sites for hydroxylation is 2. The van der Waals surface area contributed by atoms with Crippen LogP contribution in [0.5, 0.6) is 0 Å². The van der Waals surface area contributed by atoms with E-state index in [4.69, 9.17) is 4.74 Å². The number of ether oxygens (including phenoxy) is 1. The first-order chi connectivity index (χ1) is 14.9. The summed E-state index contributed by atoms with van der Waals surface area (Å²) >= 11 is 0. The number of fused-ring (bicyclic) bond motifs is 1. The highest BCUT2D eigenvalue weighted by Gasteiger charge is 2.35. The molecular weight excluding hydrogens is 402 g/mol. The van der Waals surface area contributed by atoms with Crippen molar-refractivity contribution in [3.8, 4) is 0 Å². The number of hydrogen-bond acceptors (Lipinski definition) is 4. The van der Waals surface area contributed by atoms with Gasteiger partial charge in [0.25, 0.3) is 11.8 Å². The molecule has 5 heteroatoms. The number of rotatable bonds is 6. The number of carbonyl (C=O) groups is 3. The molecular formula is C27H33NO4. The van der Waals surface area contributed by atoms with Gasteiger partial charge in [0.1, 0.15) is 6.61 Å². The fraction of sp³-hybridized carbons (Fsp3) is 0.444. The molecule has 32 heavy (non-hydrogen) atoms. The van der Waals surface area contributed by atoms with Crippen molar-refractivity contribution in [1.29, 1.82) is 0 Å². The van der Waals surface area contributed by atoms with Gasteiger partial charge >= 0.3 is 5.97 Å². The topological polar surface area (TPSA) is 63.7 Å². The van der Waals surface area contributed by atoms with E-state index < -0.39 is 5.97 Å². The molecule has 0 spiro atoms. The molecule has 170 valence electrons. The fourth-order valence-corrected chi connectivity index (χ4v) is 3.88. The average molecular weight is 436 g/mol. The van der Waals surface area contributed by atoms with Crippen molar-refractivity contribution in [3.05, 3.63) is 69.3 Å². The third-order valence-electron chi connectivity index (χ3n) is 6.05. The van der Waals surface area contributed by atoms with Gasteiger partial charge in [-0.3, -0.25) is 14.5 Å². The Kier molecular flexibility index (Phi) is 6.59. The summed E-state index contributed by atoms with van der Waals surface area (Å²) in [4.78, 5) is 39.3. The average Bonchev–Trinajstić information content (AvgIpc) is 2.94. The van der Waals surface area contributed by atoms with E-state index in [2.05, 4.69) is 32.9 Å². The Morgan fingerprint density at radius 2 is 1.56 bits per heavy atom. The van der Waals surface area contributed by atoms with Gasteiger partial charge in [-0.15, -0.1) is 0 Å². The van der Waals surface area contributed by atoms with Crippen molar-refractivity contribution in [1.82, 2.24) is 4.90 Å². The second kappa shape index (κ2) is 8.89. The molecule has 0 atom stereocenters. The largest absolute Gasteiger partial charge is 0.457 e. The van der Waals surface area contributed by atoms with Crippen LogP contribution in [-0.4, -0.2) is 29.2 Å². The van der Waals surface area contributed by atoms with E-state index >= 15 is 0 Å². The van der Waals surface area contributed by atoms with Crippen LogP contribution in [0.4, 0.5) is 0 Å². The Labute approximate surface area is 190 Å². The molecule has 0 bridgehead atoms. The van der Waals surface area contributed by atoms with E-state index in [0.717, 1.165) is 23.1 Å². The number of esters is 1. The van der Waals surface area contributed by atoms with Crippen LogP contribution >= 0.6 is 0 Å². The maximum atomic E-state index is 12.7. The van der Waals surface area contributed by atoms with Crippen molar-refractivity contribution in [2.24, 2.45) is 5.92 Å². The maximum absolute atomic E-state index is 12.7. The summed E-state index contributed by atoms with van der Waals surface area (Å²) < 4.78 is 5.58. The van der Waals surface area contributed by atoms with Gasteiger partial charge < -0.3 is 4.74 Å². The highest BCUT2D eigenvalue weighted by molar-refractivity contribution is 6.21. The summed E-state index contributed by atoms with van der Waals surface area (Å²) in [5.41, 5.74) is 5.33. The zero-order chi connectivity index (χ0) is 23.8. The first-order valence-corrected chi connectivity index (χ1v) is 11.2. The number of amides is 2. The van der Waals surface area contributed by atoms with Crippen molar-refractivity contribution in [3.63, 3.8) is 0 Å². The van der Waals surface area contributed by atoms with Crippen LogP contribution < -0.4 is 0 Å². The molecule has 0 aliphatic carbocycles. The smallest absolute Gasteiger partial charge is 0.338 e. The van der Waals surface area contributed by atoms with E-state index in [1.807, 2.05) is 27.7 Å². The Bertz CT molecular complexity index is 1050. The predicted molar refractivity (Wildman–Crippen MR) is 125 cm³/mol. The molecule has 0 saturated carbocycles. The lowest BCUT2D eigenvalue weighted by Crippen LogP contribution is -2.31. The highest BCUT2D eigenvalue weighted by atomic mass is 16.5. The van der Waals surface area contributed by atoms with E-state index in [9.17, 15) is 14.4 Å². The summed E-state index contributed by atoms with van der Waals surface area (Å²) in [7, 11) is 0. The van der Waals surface area contributed by atoms with Gasteiger partial charge in [-0.05, 0) is 72.1 Å². The van der Waals surface area contributed by atoms with Crippen molar-refractivity contribution >= 4 is 17.8 Å². The number of imide groups is 1. The van der Waals surface area contributed by atoms with Crippen LogP contribution in [0.15, 0.2) is 30.3 Å². The van der Waals surface area contributed by atoms with Gasteiger partial charge in [0.2, 0.25) is 0 Å². The Morgan fingerprint density at radius 3 is 2.12 bits per heavy atom. The minimum absolute atomic E-state index is 0.0438. The zero-order valence-electron chi connectivity index (χ0n) is 20.2.